The molecule has 1 fully saturated rings. The van der Waals surface area contributed by atoms with Crippen molar-refractivity contribution in [2.24, 2.45) is 17.8 Å². The topological polar surface area (TPSA) is 71.2 Å². The molecule has 5 nitrogen and oxygen atoms in total. The number of allylic oxidation sites excluding steroid dienone is 2. The van der Waals surface area contributed by atoms with E-state index < -0.39 is 0 Å². The molecule has 0 saturated heterocycles. The first kappa shape index (κ1) is 16.6. The number of hydrogen-bond acceptors (Lipinski definition) is 3. The highest BCUT2D eigenvalue weighted by Gasteiger charge is 2.35. The summed E-state index contributed by atoms with van der Waals surface area (Å²) in [7, 11) is 0. The van der Waals surface area contributed by atoms with Gasteiger partial charge in [0, 0.05) is 18.8 Å². The molecule has 2 aliphatic rings. The summed E-state index contributed by atoms with van der Waals surface area (Å²) in [5.41, 5.74) is 0.946. The normalized spacial score (nSPS) is 23.2. The third kappa shape index (κ3) is 3.57. The Bertz CT molecular complexity index is 872. The number of aromatic nitrogens is 1. The maximum atomic E-state index is 12.3. The van der Waals surface area contributed by atoms with E-state index in [9.17, 15) is 9.59 Å². The lowest BCUT2D eigenvalue weighted by Crippen LogP contribution is -2.32. The molecule has 0 spiro atoms. The molecule has 2 N–H and O–H groups in total. The zero-order chi connectivity index (χ0) is 17.9. The van der Waals surface area contributed by atoms with Crippen molar-refractivity contribution >= 4 is 5.91 Å². The van der Waals surface area contributed by atoms with Gasteiger partial charge in [0.1, 0.15) is 12.3 Å². The van der Waals surface area contributed by atoms with Crippen LogP contribution in [0.15, 0.2) is 59.5 Å². The zero-order valence-electron chi connectivity index (χ0n) is 14.5. The van der Waals surface area contributed by atoms with Gasteiger partial charge < -0.3 is 15.0 Å². The van der Waals surface area contributed by atoms with Gasteiger partial charge in [-0.25, -0.2) is 0 Å². The van der Waals surface area contributed by atoms with Crippen LogP contribution in [0.3, 0.4) is 0 Å². The van der Waals surface area contributed by atoms with Gasteiger partial charge in [0.2, 0.25) is 5.43 Å². The average Bonchev–Trinajstić information content (AvgIpc) is 3.29. The number of carbonyl (C=O) groups excluding carboxylic acids is 1. The predicted molar refractivity (Wildman–Crippen MR) is 99.0 cm³/mol. The summed E-state index contributed by atoms with van der Waals surface area (Å²) in [5.74, 6) is 1.75. The Hall–Kier alpha value is -2.82. The summed E-state index contributed by atoms with van der Waals surface area (Å²) >= 11 is 0. The molecule has 26 heavy (non-hydrogen) atoms. The Balaban J connectivity index is 1.34. The molecule has 3 unspecified atom stereocenters. The van der Waals surface area contributed by atoms with Gasteiger partial charge in [-0.2, -0.15) is 0 Å². The Morgan fingerprint density at radius 1 is 1.19 bits per heavy atom. The SMILES string of the molecule is O=C(NCC1CC2C=CC1C2)c1cc(=O)c(OCc2ccccc2)c[nH]1. The highest BCUT2D eigenvalue weighted by molar-refractivity contribution is 5.92. The first-order chi connectivity index (χ1) is 12.7. The minimum Gasteiger partial charge on any atom is -0.483 e. The number of ether oxygens (including phenoxy) is 1. The van der Waals surface area contributed by atoms with Crippen LogP contribution in [0.25, 0.3) is 0 Å². The maximum Gasteiger partial charge on any atom is 0.267 e. The van der Waals surface area contributed by atoms with Crippen LogP contribution in [0.5, 0.6) is 5.75 Å². The summed E-state index contributed by atoms with van der Waals surface area (Å²) in [6, 6.07) is 10.9. The molecule has 0 radical (unpaired) electrons. The van der Waals surface area contributed by atoms with Crippen molar-refractivity contribution in [1.29, 1.82) is 0 Å². The van der Waals surface area contributed by atoms with Gasteiger partial charge in [-0.1, -0.05) is 42.5 Å². The average molecular weight is 350 g/mol. The van der Waals surface area contributed by atoms with E-state index in [1.165, 1.54) is 18.7 Å². The molecule has 1 aromatic heterocycles. The van der Waals surface area contributed by atoms with Crippen molar-refractivity contribution in [3.8, 4) is 5.75 Å². The second kappa shape index (κ2) is 7.20. The fraction of sp³-hybridized carbons (Fsp3) is 0.333. The zero-order valence-corrected chi connectivity index (χ0v) is 14.5. The van der Waals surface area contributed by atoms with Crippen LogP contribution < -0.4 is 15.5 Å². The third-order valence-electron chi connectivity index (χ3n) is 5.30. The largest absolute Gasteiger partial charge is 0.483 e. The molecular weight excluding hydrogens is 328 g/mol. The summed E-state index contributed by atoms with van der Waals surface area (Å²) in [6.45, 7) is 0.964. The number of hydrogen-bond donors (Lipinski definition) is 2. The number of rotatable bonds is 6. The Kier molecular flexibility index (Phi) is 4.61. The standard InChI is InChI=1S/C21H22N2O3/c24-19-10-18(21(25)23-11-17-9-15-6-7-16(17)8-15)22-12-20(19)26-13-14-4-2-1-3-5-14/h1-7,10,12,15-17H,8-9,11,13H2,(H,22,24)(H,23,25). The lowest BCUT2D eigenvalue weighted by atomic mass is 9.93. The van der Waals surface area contributed by atoms with Crippen LogP contribution in [-0.4, -0.2) is 17.4 Å². The molecule has 1 amide bonds. The molecular formula is C21H22N2O3. The van der Waals surface area contributed by atoms with Gasteiger partial charge >= 0.3 is 0 Å². The van der Waals surface area contributed by atoms with Crippen molar-refractivity contribution in [3.63, 3.8) is 0 Å². The number of H-pyrrole nitrogens is 1. The van der Waals surface area contributed by atoms with E-state index >= 15 is 0 Å². The smallest absolute Gasteiger partial charge is 0.267 e. The Morgan fingerprint density at radius 2 is 2.04 bits per heavy atom. The van der Waals surface area contributed by atoms with Crippen molar-refractivity contribution < 1.29 is 9.53 Å². The minimum absolute atomic E-state index is 0.212. The summed E-state index contributed by atoms with van der Waals surface area (Å²) in [6.07, 6.45) is 8.37. The lowest BCUT2D eigenvalue weighted by Gasteiger charge is -2.18. The second-order valence-corrected chi connectivity index (χ2v) is 7.10. The summed E-state index contributed by atoms with van der Waals surface area (Å²) in [4.78, 5) is 27.4. The number of amides is 1. The van der Waals surface area contributed by atoms with Crippen molar-refractivity contribution in [3.05, 3.63) is 76.2 Å². The number of carbonyl (C=O) groups is 1. The van der Waals surface area contributed by atoms with Crippen LogP contribution in [0.2, 0.25) is 0 Å². The molecule has 1 aromatic carbocycles. The van der Waals surface area contributed by atoms with E-state index in [1.807, 2.05) is 30.3 Å². The molecule has 0 aliphatic heterocycles. The van der Waals surface area contributed by atoms with E-state index in [1.54, 1.807) is 0 Å². The first-order valence-electron chi connectivity index (χ1n) is 9.05. The highest BCUT2D eigenvalue weighted by atomic mass is 16.5. The number of aromatic amines is 1. The fourth-order valence-electron chi connectivity index (χ4n) is 3.89. The number of fused-ring (bicyclic) bond motifs is 2. The lowest BCUT2D eigenvalue weighted by molar-refractivity contribution is 0.0940. The highest BCUT2D eigenvalue weighted by Crippen LogP contribution is 2.42. The Labute approximate surface area is 152 Å². The molecule has 5 heteroatoms. The van der Waals surface area contributed by atoms with Gasteiger partial charge in [0.25, 0.3) is 5.91 Å². The number of benzene rings is 1. The van der Waals surface area contributed by atoms with E-state index in [4.69, 9.17) is 4.74 Å². The maximum absolute atomic E-state index is 12.3. The van der Waals surface area contributed by atoms with Crippen LogP contribution >= 0.6 is 0 Å². The molecule has 134 valence electrons. The van der Waals surface area contributed by atoms with Crippen LogP contribution in [0.1, 0.15) is 28.9 Å². The number of pyridine rings is 1. The minimum atomic E-state index is -0.298. The van der Waals surface area contributed by atoms with Crippen LogP contribution in [-0.2, 0) is 6.61 Å². The Morgan fingerprint density at radius 3 is 2.73 bits per heavy atom. The molecule has 1 heterocycles. The molecule has 2 bridgehead atoms. The van der Waals surface area contributed by atoms with Gasteiger partial charge in [-0.3, -0.25) is 9.59 Å². The van der Waals surface area contributed by atoms with Crippen molar-refractivity contribution in [1.82, 2.24) is 10.3 Å². The van der Waals surface area contributed by atoms with Gasteiger partial charge in [0.05, 0.1) is 0 Å². The summed E-state index contributed by atoms with van der Waals surface area (Å²) < 4.78 is 5.55. The van der Waals surface area contributed by atoms with E-state index in [0.29, 0.717) is 30.9 Å². The van der Waals surface area contributed by atoms with Crippen molar-refractivity contribution in [2.75, 3.05) is 6.54 Å². The van der Waals surface area contributed by atoms with Gasteiger partial charge in [-0.05, 0) is 36.2 Å². The van der Waals surface area contributed by atoms with Crippen LogP contribution in [0, 0.1) is 17.8 Å². The fourth-order valence-corrected chi connectivity index (χ4v) is 3.89. The second-order valence-electron chi connectivity index (χ2n) is 7.10. The molecule has 2 aromatic rings. The molecule has 2 aliphatic carbocycles. The van der Waals surface area contributed by atoms with Gasteiger partial charge in [-0.15, -0.1) is 0 Å². The summed E-state index contributed by atoms with van der Waals surface area (Å²) in [5, 5.41) is 2.95. The molecule has 4 rings (SSSR count). The first-order valence-corrected chi connectivity index (χ1v) is 9.05. The monoisotopic (exact) mass is 350 g/mol. The van der Waals surface area contributed by atoms with E-state index in [2.05, 4.69) is 22.5 Å². The van der Waals surface area contributed by atoms with Crippen LogP contribution in [0.4, 0.5) is 0 Å². The number of nitrogens with one attached hydrogen (secondary N) is 2. The third-order valence-corrected chi connectivity index (χ3v) is 5.30. The predicted octanol–water partition coefficient (Wildman–Crippen LogP) is 2.90. The van der Waals surface area contributed by atoms with E-state index in [0.717, 1.165) is 12.0 Å². The van der Waals surface area contributed by atoms with Gasteiger partial charge in [0.15, 0.2) is 5.75 Å². The molecule has 3 atom stereocenters. The molecule has 1 saturated carbocycles. The van der Waals surface area contributed by atoms with Crippen molar-refractivity contribution in [2.45, 2.75) is 19.4 Å². The van der Waals surface area contributed by atoms with E-state index in [-0.39, 0.29) is 22.8 Å². The quantitative estimate of drug-likeness (QED) is 0.787.